The van der Waals surface area contributed by atoms with Crippen molar-refractivity contribution in [2.75, 3.05) is 26.4 Å². The minimum absolute atomic E-state index is 0.0434. The Labute approximate surface area is 336 Å². The van der Waals surface area contributed by atoms with Crippen molar-refractivity contribution in [3.63, 3.8) is 0 Å². The van der Waals surface area contributed by atoms with Gasteiger partial charge in [0.05, 0.1) is 13.2 Å². The Bertz CT molecular complexity index is 1090. The highest BCUT2D eigenvalue weighted by molar-refractivity contribution is 7.47. The van der Waals surface area contributed by atoms with Crippen LogP contribution in [0.15, 0.2) is 60.8 Å². The molecule has 0 aromatic heterocycles. The molecule has 0 aliphatic carbocycles. The van der Waals surface area contributed by atoms with Crippen molar-refractivity contribution in [2.45, 2.75) is 187 Å². The third-order valence-corrected chi connectivity index (χ3v) is 9.86. The number of nitrogens with two attached hydrogens (primary N) is 1. The normalized spacial score (nSPS) is 13.9. The Hall–Kier alpha value is -2.29. The smallest absolute Gasteiger partial charge is 0.462 e. The molecule has 0 radical (unpaired) electrons. The number of hydrogen-bond donors (Lipinski definition) is 2. The summed E-state index contributed by atoms with van der Waals surface area (Å²) in [7, 11) is -4.39. The van der Waals surface area contributed by atoms with E-state index >= 15 is 0 Å². The first-order chi connectivity index (χ1) is 26.8. The summed E-state index contributed by atoms with van der Waals surface area (Å²) in [6.07, 6.45) is 48.2. The second-order valence-electron chi connectivity index (χ2n) is 14.2. The van der Waals surface area contributed by atoms with E-state index in [2.05, 4.69) is 68.5 Å². The van der Waals surface area contributed by atoms with Gasteiger partial charge >= 0.3 is 19.8 Å². The lowest BCUT2D eigenvalue weighted by atomic mass is 10.1. The molecule has 0 spiro atoms. The van der Waals surface area contributed by atoms with Crippen molar-refractivity contribution in [2.24, 2.45) is 5.73 Å². The van der Waals surface area contributed by atoms with Gasteiger partial charge in [-0.2, -0.15) is 0 Å². The molecule has 0 rings (SSSR count). The number of esters is 2. The van der Waals surface area contributed by atoms with Gasteiger partial charge in [0.1, 0.15) is 6.61 Å². The SMILES string of the molecule is CCCCCC=CCC=CCC=CCC=CCCCC(=O)OCC(COP(=O)(O)OCCN)OC(=O)CCCCCCCCCC=CCCCCCCCC. The summed E-state index contributed by atoms with van der Waals surface area (Å²) in [6.45, 7) is 3.63. The van der Waals surface area contributed by atoms with Crippen LogP contribution in [0.1, 0.15) is 181 Å². The van der Waals surface area contributed by atoms with Crippen molar-refractivity contribution in [1.82, 2.24) is 0 Å². The van der Waals surface area contributed by atoms with Crippen LogP contribution < -0.4 is 5.73 Å². The Morgan fingerprint density at radius 3 is 1.51 bits per heavy atom. The number of ether oxygens (including phenoxy) is 2. The van der Waals surface area contributed by atoms with E-state index in [4.69, 9.17) is 24.3 Å². The van der Waals surface area contributed by atoms with Crippen LogP contribution in [0.2, 0.25) is 0 Å². The second-order valence-corrected chi connectivity index (χ2v) is 15.7. The number of allylic oxidation sites excluding steroid dienone is 10. The molecule has 0 saturated carbocycles. The molecule has 0 amide bonds. The maximum atomic E-state index is 12.6. The summed E-state index contributed by atoms with van der Waals surface area (Å²) in [6, 6.07) is 0. The zero-order valence-corrected chi connectivity index (χ0v) is 35.8. The molecular weight excluding hydrogens is 713 g/mol. The lowest BCUT2D eigenvalue weighted by molar-refractivity contribution is -0.161. The van der Waals surface area contributed by atoms with Gasteiger partial charge in [-0.15, -0.1) is 0 Å². The average molecular weight is 794 g/mol. The van der Waals surface area contributed by atoms with Crippen LogP contribution in [0.4, 0.5) is 0 Å². The van der Waals surface area contributed by atoms with E-state index < -0.39 is 32.5 Å². The maximum Gasteiger partial charge on any atom is 0.472 e. The van der Waals surface area contributed by atoms with Gasteiger partial charge in [-0.3, -0.25) is 18.6 Å². The molecule has 2 atom stereocenters. The predicted molar refractivity (Wildman–Crippen MR) is 229 cm³/mol. The highest BCUT2D eigenvalue weighted by Crippen LogP contribution is 2.43. The van der Waals surface area contributed by atoms with Crippen molar-refractivity contribution in [1.29, 1.82) is 0 Å². The fraction of sp³-hybridized carbons (Fsp3) is 0.733. The third-order valence-electron chi connectivity index (χ3n) is 8.88. The van der Waals surface area contributed by atoms with Crippen LogP contribution in [0, 0.1) is 0 Å². The number of unbranched alkanes of at least 4 members (excludes halogenated alkanes) is 17. The summed E-state index contributed by atoms with van der Waals surface area (Å²) in [5.41, 5.74) is 5.34. The van der Waals surface area contributed by atoms with Gasteiger partial charge in [0.15, 0.2) is 6.10 Å². The van der Waals surface area contributed by atoms with Crippen molar-refractivity contribution >= 4 is 19.8 Å². The molecule has 9 nitrogen and oxygen atoms in total. The minimum Gasteiger partial charge on any atom is -0.462 e. The minimum atomic E-state index is -4.39. The first-order valence-corrected chi connectivity index (χ1v) is 23.3. The summed E-state index contributed by atoms with van der Waals surface area (Å²) >= 11 is 0. The van der Waals surface area contributed by atoms with E-state index in [1.807, 2.05) is 6.08 Å². The lowest BCUT2D eigenvalue weighted by Crippen LogP contribution is -2.29. The topological polar surface area (TPSA) is 134 Å². The zero-order valence-electron chi connectivity index (χ0n) is 34.9. The van der Waals surface area contributed by atoms with Gasteiger partial charge in [-0.05, 0) is 77.0 Å². The number of rotatable bonds is 40. The number of phosphoric ester groups is 1. The quantitative estimate of drug-likeness (QED) is 0.0269. The van der Waals surface area contributed by atoms with Gasteiger partial charge in [0.25, 0.3) is 0 Å². The van der Waals surface area contributed by atoms with Crippen LogP contribution in [-0.4, -0.2) is 49.3 Å². The lowest BCUT2D eigenvalue weighted by Gasteiger charge is -2.19. The molecule has 0 aliphatic heterocycles. The van der Waals surface area contributed by atoms with E-state index in [-0.39, 0.29) is 32.6 Å². The van der Waals surface area contributed by atoms with Gasteiger partial charge in [-0.25, -0.2) is 4.57 Å². The second kappa shape index (κ2) is 41.3. The molecule has 10 heteroatoms. The van der Waals surface area contributed by atoms with Crippen LogP contribution in [0.3, 0.4) is 0 Å². The highest BCUT2D eigenvalue weighted by atomic mass is 31.2. The Morgan fingerprint density at radius 2 is 0.964 bits per heavy atom. The highest BCUT2D eigenvalue weighted by Gasteiger charge is 2.25. The van der Waals surface area contributed by atoms with E-state index in [0.29, 0.717) is 12.8 Å². The standard InChI is InChI=1S/C45H80NO8P/c1-3-5-7-9-11-13-15-17-19-21-23-25-27-29-31-33-35-37-44(47)51-41-43(42-53-55(49,50)52-40-39-46)54-45(48)38-36-34-32-30-28-26-24-22-20-18-16-14-12-10-8-6-4-2/h11,13,17-20,23,25,29,31,43H,3-10,12,14-16,21-22,24,26-28,30,32-42,46H2,1-2H3,(H,49,50). The Morgan fingerprint density at radius 1 is 0.545 bits per heavy atom. The molecule has 0 saturated heterocycles. The monoisotopic (exact) mass is 794 g/mol. The van der Waals surface area contributed by atoms with Crippen LogP contribution in [-0.2, 0) is 32.7 Å². The van der Waals surface area contributed by atoms with Crippen molar-refractivity contribution < 1.29 is 37.6 Å². The molecule has 0 bridgehead atoms. The fourth-order valence-corrected chi connectivity index (χ4v) is 6.39. The third kappa shape index (κ3) is 41.2. The molecule has 0 aromatic carbocycles. The van der Waals surface area contributed by atoms with Crippen LogP contribution >= 0.6 is 7.82 Å². The zero-order chi connectivity index (χ0) is 40.3. The Kier molecular flexibility index (Phi) is 39.6. The van der Waals surface area contributed by atoms with Gasteiger partial charge < -0.3 is 20.1 Å². The molecule has 55 heavy (non-hydrogen) atoms. The summed E-state index contributed by atoms with van der Waals surface area (Å²) in [4.78, 5) is 34.8. The first-order valence-electron chi connectivity index (χ1n) is 21.8. The summed E-state index contributed by atoms with van der Waals surface area (Å²) < 4.78 is 32.7. The summed E-state index contributed by atoms with van der Waals surface area (Å²) in [5.74, 6) is -0.902. The van der Waals surface area contributed by atoms with Crippen LogP contribution in [0.5, 0.6) is 0 Å². The van der Waals surface area contributed by atoms with E-state index in [0.717, 1.165) is 51.4 Å². The molecule has 0 heterocycles. The van der Waals surface area contributed by atoms with Gasteiger partial charge in [0.2, 0.25) is 0 Å². The van der Waals surface area contributed by atoms with Crippen molar-refractivity contribution in [3.8, 4) is 0 Å². The molecule has 3 N–H and O–H groups in total. The molecule has 0 aliphatic rings. The number of carbonyl (C=O) groups is 2. The van der Waals surface area contributed by atoms with Crippen molar-refractivity contribution in [3.05, 3.63) is 60.8 Å². The van der Waals surface area contributed by atoms with Gasteiger partial charge in [0, 0.05) is 19.4 Å². The Balaban J connectivity index is 4.26. The summed E-state index contributed by atoms with van der Waals surface area (Å²) in [5, 5.41) is 0. The molecular formula is C45H80NO8P. The van der Waals surface area contributed by atoms with E-state index in [1.165, 1.54) is 89.9 Å². The number of phosphoric acid groups is 1. The fourth-order valence-electron chi connectivity index (χ4n) is 5.62. The maximum absolute atomic E-state index is 12.6. The first kappa shape index (κ1) is 52.7. The average Bonchev–Trinajstić information content (AvgIpc) is 3.17. The van der Waals surface area contributed by atoms with Gasteiger partial charge in [-0.1, -0.05) is 152 Å². The molecule has 0 aromatic rings. The molecule has 0 fully saturated rings. The number of carbonyl (C=O) groups excluding carboxylic acids is 2. The predicted octanol–water partition coefficient (Wildman–Crippen LogP) is 12.5. The number of hydrogen-bond acceptors (Lipinski definition) is 8. The molecule has 318 valence electrons. The van der Waals surface area contributed by atoms with E-state index in [9.17, 15) is 19.0 Å². The van der Waals surface area contributed by atoms with Crippen LogP contribution in [0.25, 0.3) is 0 Å². The molecule has 2 unspecified atom stereocenters. The van der Waals surface area contributed by atoms with E-state index in [1.54, 1.807) is 0 Å². The largest absolute Gasteiger partial charge is 0.472 e.